The summed E-state index contributed by atoms with van der Waals surface area (Å²) in [5.41, 5.74) is 1.27. The van der Waals surface area contributed by atoms with Crippen molar-refractivity contribution < 1.29 is 4.74 Å². The summed E-state index contributed by atoms with van der Waals surface area (Å²) < 4.78 is 5.93. The van der Waals surface area contributed by atoms with E-state index in [-0.39, 0.29) is 5.60 Å². The number of hydrogen-bond acceptors (Lipinski definition) is 6. The second-order valence-electron chi connectivity index (χ2n) is 5.52. The van der Waals surface area contributed by atoms with Crippen molar-refractivity contribution in [3.05, 3.63) is 23.1 Å². The smallest absolute Gasteiger partial charge is 0.189 e. The fraction of sp³-hybridized carbons (Fsp3) is 0.467. The van der Waals surface area contributed by atoms with E-state index in [1.807, 2.05) is 12.3 Å². The molecule has 6 heteroatoms. The number of thiophene rings is 1. The van der Waals surface area contributed by atoms with Gasteiger partial charge >= 0.3 is 0 Å². The number of fused-ring (bicyclic) bond motifs is 3. The van der Waals surface area contributed by atoms with Gasteiger partial charge in [-0.2, -0.15) is 0 Å². The number of thioether (sulfide) groups is 2. The molecule has 0 bridgehead atoms. The molecule has 2 aromatic heterocycles. The van der Waals surface area contributed by atoms with Crippen LogP contribution in [0.25, 0.3) is 10.2 Å². The highest BCUT2D eigenvalue weighted by Crippen LogP contribution is 2.42. The van der Waals surface area contributed by atoms with Gasteiger partial charge in [0.1, 0.15) is 9.86 Å². The van der Waals surface area contributed by atoms with Crippen molar-refractivity contribution in [1.82, 2.24) is 9.97 Å². The molecule has 1 aliphatic heterocycles. The van der Waals surface area contributed by atoms with Gasteiger partial charge in [0.25, 0.3) is 0 Å². The fourth-order valence-corrected chi connectivity index (χ4v) is 4.87. The lowest BCUT2D eigenvalue weighted by molar-refractivity contribution is -0.0379. The molecule has 0 N–H and O–H groups in total. The first-order valence-corrected chi connectivity index (χ1v) is 9.80. The Morgan fingerprint density at radius 3 is 2.95 bits per heavy atom. The molecule has 3 nitrogen and oxygen atoms in total. The zero-order valence-electron chi connectivity index (χ0n) is 12.4. The third-order valence-corrected chi connectivity index (χ3v) is 6.02. The number of nitrogens with zero attached hydrogens (tertiary/aromatic N) is 2. The van der Waals surface area contributed by atoms with E-state index in [1.54, 1.807) is 34.9 Å². The van der Waals surface area contributed by atoms with Gasteiger partial charge in [0.05, 0.1) is 12.2 Å². The molecule has 3 rings (SSSR count). The van der Waals surface area contributed by atoms with Crippen LogP contribution in [0.4, 0.5) is 0 Å². The van der Waals surface area contributed by atoms with Gasteiger partial charge in [0.15, 0.2) is 5.16 Å². The average molecular weight is 339 g/mol. The van der Waals surface area contributed by atoms with Crippen LogP contribution >= 0.6 is 34.9 Å². The molecular formula is C15H18N2OS3. The van der Waals surface area contributed by atoms with Gasteiger partial charge in [0, 0.05) is 22.4 Å². The van der Waals surface area contributed by atoms with E-state index in [0.29, 0.717) is 6.61 Å². The second-order valence-corrected chi connectivity index (χ2v) is 8.39. The van der Waals surface area contributed by atoms with E-state index in [4.69, 9.17) is 14.7 Å². The normalized spacial score (nSPS) is 16.9. The molecule has 0 amide bonds. The number of rotatable bonds is 4. The summed E-state index contributed by atoms with van der Waals surface area (Å²) in [5, 5.41) is 3.16. The van der Waals surface area contributed by atoms with Crippen molar-refractivity contribution in [3.8, 4) is 0 Å². The topological polar surface area (TPSA) is 35.0 Å². The Kier molecular flexibility index (Phi) is 4.32. The number of aromatic nitrogens is 2. The van der Waals surface area contributed by atoms with Crippen LogP contribution in [-0.4, -0.2) is 27.6 Å². The first-order valence-electron chi connectivity index (χ1n) is 6.78. The minimum absolute atomic E-state index is 0.112. The molecule has 0 atom stereocenters. The summed E-state index contributed by atoms with van der Waals surface area (Å²) in [6.07, 6.45) is 4.86. The zero-order chi connectivity index (χ0) is 15.0. The third kappa shape index (κ3) is 2.99. The molecule has 3 heterocycles. The molecule has 0 radical (unpaired) electrons. The second kappa shape index (κ2) is 5.91. The Bertz CT molecular complexity index is 694. The standard InChI is InChI=1S/C15H18N2OS3/c1-5-6-20-12-11-9-7-15(2,3)18-8-10(9)21-13(11)17-14(16-12)19-4/h5H,1,6-8H2,2-4H3. The zero-order valence-corrected chi connectivity index (χ0v) is 14.9. The summed E-state index contributed by atoms with van der Waals surface area (Å²) in [5.74, 6) is 0.866. The highest BCUT2D eigenvalue weighted by atomic mass is 32.2. The van der Waals surface area contributed by atoms with Gasteiger partial charge in [-0.25, -0.2) is 9.97 Å². The van der Waals surface area contributed by atoms with Crippen molar-refractivity contribution >= 4 is 45.1 Å². The largest absolute Gasteiger partial charge is 0.370 e. The predicted molar refractivity (Wildman–Crippen MR) is 92.7 cm³/mol. The molecule has 1 aliphatic rings. The van der Waals surface area contributed by atoms with E-state index < -0.39 is 0 Å². The summed E-state index contributed by atoms with van der Waals surface area (Å²) in [7, 11) is 0. The van der Waals surface area contributed by atoms with Gasteiger partial charge < -0.3 is 4.74 Å². The van der Waals surface area contributed by atoms with Crippen LogP contribution in [0.5, 0.6) is 0 Å². The molecule has 0 aromatic carbocycles. The Balaban J connectivity index is 2.18. The molecular weight excluding hydrogens is 320 g/mol. The highest BCUT2D eigenvalue weighted by molar-refractivity contribution is 7.99. The number of ether oxygens (including phenoxy) is 1. The molecule has 2 aromatic rings. The first kappa shape index (κ1) is 15.3. The molecule has 21 heavy (non-hydrogen) atoms. The van der Waals surface area contributed by atoms with Gasteiger partial charge in [-0.1, -0.05) is 17.8 Å². The molecule has 0 saturated heterocycles. The lowest BCUT2D eigenvalue weighted by atomic mass is 9.95. The Hall–Kier alpha value is -0.560. The van der Waals surface area contributed by atoms with E-state index in [9.17, 15) is 0 Å². The Morgan fingerprint density at radius 1 is 1.43 bits per heavy atom. The van der Waals surface area contributed by atoms with Crippen molar-refractivity contribution in [2.45, 2.75) is 42.7 Å². The van der Waals surface area contributed by atoms with Crippen molar-refractivity contribution in [3.63, 3.8) is 0 Å². The van der Waals surface area contributed by atoms with Crippen molar-refractivity contribution in [2.75, 3.05) is 12.0 Å². The van der Waals surface area contributed by atoms with Crippen LogP contribution in [-0.2, 0) is 17.8 Å². The SMILES string of the molecule is C=CCSc1nc(SC)nc2sc3c(c12)CC(C)(C)OC3. The lowest BCUT2D eigenvalue weighted by Gasteiger charge is -2.30. The van der Waals surface area contributed by atoms with Crippen LogP contribution in [0.3, 0.4) is 0 Å². The number of hydrogen-bond donors (Lipinski definition) is 0. The van der Waals surface area contributed by atoms with Crippen LogP contribution in [0.2, 0.25) is 0 Å². The van der Waals surface area contributed by atoms with E-state index >= 15 is 0 Å². The van der Waals surface area contributed by atoms with Gasteiger partial charge in [-0.3, -0.25) is 0 Å². The molecule has 0 spiro atoms. The summed E-state index contributed by atoms with van der Waals surface area (Å²) in [4.78, 5) is 11.8. The summed E-state index contributed by atoms with van der Waals surface area (Å²) >= 11 is 5.08. The predicted octanol–water partition coefficient (Wildman–Crippen LogP) is 4.54. The van der Waals surface area contributed by atoms with Crippen LogP contribution in [0, 0.1) is 0 Å². The van der Waals surface area contributed by atoms with Gasteiger partial charge in [0.2, 0.25) is 0 Å². The Labute approximate surface area is 137 Å². The van der Waals surface area contributed by atoms with Crippen molar-refractivity contribution in [1.29, 1.82) is 0 Å². The van der Waals surface area contributed by atoms with E-state index in [0.717, 1.165) is 27.2 Å². The highest BCUT2D eigenvalue weighted by Gasteiger charge is 2.30. The fourth-order valence-electron chi connectivity index (χ4n) is 2.43. The van der Waals surface area contributed by atoms with Crippen molar-refractivity contribution in [2.24, 2.45) is 0 Å². The maximum Gasteiger partial charge on any atom is 0.189 e. The molecule has 0 aliphatic carbocycles. The monoisotopic (exact) mass is 338 g/mol. The maximum atomic E-state index is 5.93. The first-order chi connectivity index (χ1) is 10.0. The maximum absolute atomic E-state index is 5.93. The molecule has 112 valence electrons. The van der Waals surface area contributed by atoms with Gasteiger partial charge in [-0.15, -0.1) is 29.7 Å². The van der Waals surface area contributed by atoms with Gasteiger partial charge in [-0.05, 0) is 25.7 Å². The average Bonchev–Trinajstić information content (AvgIpc) is 2.81. The molecule has 0 fully saturated rings. The lowest BCUT2D eigenvalue weighted by Crippen LogP contribution is -2.31. The van der Waals surface area contributed by atoms with Crippen LogP contribution < -0.4 is 0 Å². The van der Waals surface area contributed by atoms with Crippen LogP contribution in [0.15, 0.2) is 22.8 Å². The summed E-state index contributed by atoms with van der Waals surface area (Å²) in [6, 6.07) is 0. The minimum atomic E-state index is -0.112. The minimum Gasteiger partial charge on any atom is -0.370 e. The molecule has 0 saturated carbocycles. The quantitative estimate of drug-likeness (QED) is 0.354. The van der Waals surface area contributed by atoms with E-state index in [2.05, 4.69) is 20.4 Å². The Morgan fingerprint density at radius 2 is 2.24 bits per heavy atom. The molecule has 0 unspecified atom stereocenters. The van der Waals surface area contributed by atoms with E-state index in [1.165, 1.54) is 15.8 Å². The third-order valence-electron chi connectivity index (χ3n) is 3.40. The van der Waals surface area contributed by atoms with Crippen LogP contribution in [0.1, 0.15) is 24.3 Å². The summed E-state index contributed by atoms with van der Waals surface area (Å²) in [6.45, 7) is 8.79.